The molecule has 0 amide bonds. The lowest BCUT2D eigenvalue weighted by molar-refractivity contribution is -0.107. The SMILES string of the molecule is C=CS/C(=C\C)CCC=O. The number of thioether (sulfide) groups is 1. The van der Waals surface area contributed by atoms with Crippen LogP contribution >= 0.6 is 11.8 Å². The Balaban J connectivity index is 3.60. The molecule has 0 aliphatic heterocycles. The first-order chi connectivity index (χ1) is 4.85. The van der Waals surface area contributed by atoms with E-state index >= 15 is 0 Å². The van der Waals surface area contributed by atoms with E-state index in [0.717, 1.165) is 12.7 Å². The standard InChI is InChI=1S/C8H12OS/c1-3-8(10-4-2)6-5-7-9/h3-4,7H,2,5-6H2,1H3/b8-3-. The largest absolute Gasteiger partial charge is 0.303 e. The molecule has 0 heterocycles. The Bertz CT molecular complexity index is 138. The van der Waals surface area contributed by atoms with Gasteiger partial charge in [-0.2, -0.15) is 0 Å². The molecule has 0 aliphatic rings. The molecule has 0 rings (SSSR count). The van der Waals surface area contributed by atoms with Gasteiger partial charge >= 0.3 is 0 Å². The molecular formula is C8H12OS. The van der Waals surface area contributed by atoms with Gasteiger partial charge in [0.1, 0.15) is 6.29 Å². The summed E-state index contributed by atoms with van der Waals surface area (Å²) in [5, 5.41) is 1.78. The Kier molecular flexibility index (Phi) is 6.29. The lowest BCUT2D eigenvalue weighted by atomic mass is 10.3. The first kappa shape index (κ1) is 9.50. The Hall–Kier alpha value is -0.500. The lowest BCUT2D eigenvalue weighted by Gasteiger charge is -1.97. The molecule has 0 aromatic rings. The van der Waals surface area contributed by atoms with Crippen molar-refractivity contribution in [2.45, 2.75) is 19.8 Å². The van der Waals surface area contributed by atoms with Crippen molar-refractivity contribution in [3.63, 3.8) is 0 Å². The number of hydrogen-bond acceptors (Lipinski definition) is 2. The van der Waals surface area contributed by atoms with Crippen molar-refractivity contribution in [2.24, 2.45) is 0 Å². The van der Waals surface area contributed by atoms with Crippen molar-refractivity contribution in [2.75, 3.05) is 0 Å². The molecule has 10 heavy (non-hydrogen) atoms. The maximum absolute atomic E-state index is 9.97. The molecule has 0 aromatic carbocycles. The maximum atomic E-state index is 9.97. The van der Waals surface area contributed by atoms with E-state index in [1.54, 1.807) is 17.2 Å². The molecule has 2 heteroatoms. The van der Waals surface area contributed by atoms with E-state index in [0.29, 0.717) is 6.42 Å². The second-order valence-corrected chi connectivity index (χ2v) is 2.84. The zero-order valence-electron chi connectivity index (χ0n) is 6.17. The lowest BCUT2D eigenvalue weighted by Crippen LogP contribution is -1.77. The third-order valence-corrected chi connectivity index (χ3v) is 1.97. The summed E-state index contributed by atoms with van der Waals surface area (Å²) >= 11 is 1.58. The normalized spacial score (nSPS) is 11.1. The fourth-order valence-corrected chi connectivity index (χ4v) is 1.17. The average molecular weight is 156 g/mol. The van der Waals surface area contributed by atoms with Gasteiger partial charge < -0.3 is 4.79 Å². The van der Waals surface area contributed by atoms with Crippen molar-refractivity contribution < 1.29 is 4.79 Å². The van der Waals surface area contributed by atoms with Gasteiger partial charge in [0.25, 0.3) is 0 Å². The minimum absolute atomic E-state index is 0.612. The summed E-state index contributed by atoms with van der Waals surface area (Å²) in [5.74, 6) is 0. The van der Waals surface area contributed by atoms with Crippen LogP contribution in [0.3, 0.4) is 0 Å². The van der Waals surface area contributed by atoms with E-state index in [9.17, 15) is 4.79 Å². The van der Waals surface area contributed by atoms with Crippen molar-refractivity contribution in [3.05, 3.63) is 23.0 Å². The van der Waals surface area contributed by atoms with Gasteiger partial charge in [0.15, 0.2) is 0 Å². The Morgan fingerprint density at radius 3 is 2.80 bits per heavy atom. The van der Waals surface area contributed by atoms with Crippen LogP contribution in [0.4, 0.5) is 0 Å². The monoisotopic (exact) mass is 156 g/mol. The van der Waals surface area contributed by atoms with Gasteiger partial charge in [-0.1, -0.05) is 12.7 Å². The quantitative estimate of drug-likeness (QED) is 0.569. The number of aldehydes is 1. The van der Waals surface area contributed by atoms with E-state index in [2.05, 4.69) is 6.58 Å². The molecule has 0 unspecified atom stereocenters. The Labute approximate surface area is 66.2 Å². The smallest absolute Gasteiger partial charge is 0.120 e. The molecule has 0 spiro atoms. The predicted molar refractivity (Wildman–Crippen MR) is 46.8 cm³/mol. The third kappa shape index (κ3) is 4.39. The number of carbonyl (C=O) groups is 1. The second kappa shape index (κ2) is 6.62. The van der Waals surface area contributed by atoms with E-state index in [-0.39, 0.29) is 0 Å². The van der Waals surface area contributed by atoms with Gasteiger partial charge in [-0.3, -0.25) is 0 Å². The Morgan fingerprint density at radius 1 is 1.70 bits per heavy atom. The van der Waals surface area contributed by atoms with Crippen LogP contribution in [0.1, 0.15) is 19.8 Å². The molecular weight excluding hydrogens is 144 g/mol. The molecule has 0 N–H and O–H groups in total. The highest BCUT2D eigenvalue weighted by molar-refractivity contribution is 8.05. The number of carbonyl (C=O) groups excluding carboxylic acids is 1. The summed E-state index contributed by atoms with van der Waals surface area (Å²) in [6.07, 6.45) is 4.40. The van der Waals surface area contributed by atoms with Gasteiger partial charge in [-0.15, -0.1) is 11.8 Å². The molecule has 0 atom stereocenters. The van der Waals surface area contributed by atoms with Crippen molar-refractivity contribution in [1.29, 1.82) is 0 Å². The van der Waals surface area contributed by atoms with Crippen LogP contribution in [0, 0.1) is 0 Å². The van der Waals surface area contributed by atoms with Crippen LogP contribution in [0.2, 0.25) is 0 Å². The maximum Gasteiger partial charge on any atom is 0.120 e. The summed E-state index contributed by atoms with van der Waals surface area (Å²) in [5.41, 5.74) is 0. The van der Waals surface area contributed by atoms with Crippen LogP contribution in [-0.2, 0) is 4.79 Å². The van der Waals surface area contributed by atoms with Crippen LogP contribution in [0.15, 0.2) is 23.0 Å². The summed E-state index contributed by atoms with van der Waals surface area (Å²) in [7, 11) is 0. The van der Waals surface area contributed by atoms with Crippen molar-refractivity contribution >= 4 is 18.0 Å². The first-order valence-corrected chi connectivity index (χ1v) is 4.09. The zero-order chi connectivity index (χ0) is 7.82. The minimum Gasteiger partial charge on any atom is -0.303 e. The minimum atomic E-state index is 0.612. The van der Waals surface area contributed by atoms with E-state index < -0.39 is 0 Å². The molecule has 1 nitrogen and oxygen atoms in total. The molecule has 56 valence electrons. The molecule has 0 fully saturated rings. The number of allylic oxidation sites excluding steroid dienone is 2. The molecule has 0 radical (unpaired) electrons. The topological polar surface area (TPSA) is 17.1 Å². The van der Waals surface area contributed by atoms with Gasteiger partial charge in [-0.25, -0.2) is 0 Å². The summed E-state index contributed by atoms with van der Waals surface area (Å²) < 4.78 is 0. The molecule has 0 aliphatic carbocycles. The molecule has 0 saturated carbocycles. The fraction of sp³-hybridized carbons (Fsp3) is 0.375. The average Bonchev–Trinajstić information content (AvgIpc) is 1.98. The fourth-order valence-electron chi connectivity index (χ4n) is 0.580. The van der Waals surface area contributed by atoms with Crippen molar-refractivity contribution in [3.8, 4) is 0 Å². The van der Waals surface area contributed by atoms with Gasteiger partial charge in [0.05, 0.1) is 0 Å². The highest BCUT2D eigenvalue weighted by atomic mass is 32.2. The Morgan fingerprint density at radius 2 is 2.40 bits per heavy atom. The van der Waals surface area contributed by atoms with E-state index in [1.165, 1.54) is 4.91 Å². The number of rotatable bonds is 5. The summed E-state index contributed by atoms with van der Waals surface area (Å²) in [6.45, 7) is 5.56. The van der Waals surface area contributed by atoms with Gasteiger partial charge in [0, 0.05) is 6.42 Å². The zero-order valence-corrected chi connectivity index (χ0v) is 6.99. The van der Waals surface area contributed by atoms with E-state index in [1.807, 2.05) is 13.0 Å². The number of hydrogen-bond donors (Lipinski definition) is 0. The predicted octanol–water partition coefficient (Wildman–Crippen LogP) is 2.75. The first-order valence-electron chi connectivity index (χ1n) is 3.21. The third-order valence-electron chi connectivity index (χ3n) is 1.07. The molecule has 0 aromatic heterocycles. The van der Waals surface area contributed by atoms with Crippen LogP contribution in [0.5, 0.6) is 0 Å². The van der Waals surface area contributed by atoms with Gasteiger partial charge in [-0.05, 0) is 23.7 Å². The molecule has 0 bridgehead atoms. The highest BCUT2D eigenvalue weighted by Crippen LogP contribution is 2.20. The highest BCUT2D eigenvalue weighted by Gasteiger charge is 1.91. The van der Waals surface area contributed by atoms with Crippen LogP contribution in [0.25, 0.3) is 0 Å². The van der Waals surface area contributed by atoms with E-state index in [4.69, 9.17) is 0 Å². The second-order valence-electron chi connectivity index (χ2n) is 1.74. The van der Waals surface area contributed by atoms with Crippen LogP contribution < -0.4 is 0 Å². The van der Waals surface area contributed by atoms with Crippen LogP contribution in [-0.4, -0.2) is 6.29 Å². The molecule has 0 saturated heterocycles. The summed E-state index contributed by atoms with van der Waals surface area (Å²) in [4.78, 5) is 11.2. The van der Waals surface area contributed by atoms with Gasteiger partial charge in [0.2, 0.25) is 0 Å². The van der Waals surface area contributed by atoms with Crippen molar-refractivity contribution in [1.82, 2.24) is 0 Å². The summed E-state index contributed by atoms with van der Waals surface area (Å²) in [6, 6.07) is 0.